The van der Waals surface area contributed by atoms with E-state index in [4.69, 9.17) is 9.47 Å². The van der Waals surface area contributed by atoms with Gasteiger partial charge in [0.25, 0.3) is 0 Å². The van der Waals surface area contributed by atoms with Crippen LogP contribution in [0.1, 0.15) is 37.4 Å². The van der Waals surface area contributed by atoms with Crippen LogP contribution < -0.4 is 10.1 Å². The van der Waals surface area contributed by atoms with Gasteiger partial charge in [0.1, 0.15) is 5.75 Å². The first-order valence-electron chi connectivity index (χ1n) is 7.44. The quantitative estimate of drug-likeness (QED) is 0.717. The van der Waals surface area contributed by atoms with E-state index in [0.29, 0.717) is 12.6 Å². The second-order valence-corrected chi connectivity index (χ2v) is 5.27. The van der Waals surface area contributed by atoms with E-state index in [1.807, 2.05) is 24.3 Å². The number of hydrogen-bond donors (Lipinski definition) is 2. The lowest BCUT2D eigenvalue weighted by Crippen LogP contribution is -2.26. The van der Waals surface area contributed by atoms with E-state index in [1.54, 1.807) is 7.11 Å². The van der Waals surface area contributed by atoms with Crippen LogP contribution in [0.2, 0.25) is 0 Å². The van der Waals surface area contributed by atoms with Crippen LogP contribution in [-0.2, 0) is 4.74 Å². The Hall–Kier alpha value is -1.10. The summed E-state index contributed by atoms with van der Waals surface area (Å²) in [4.78, 5) is 0. The maximum Gasteiger partial charge on any atom is 0.118 e. The first-order chi connectivity index (χ1) is 9.79. The third-order valence-electron chi connectivity index (χ3n) is 3.77. The molecule has 0 saturated heterocycles. The summed E-state index contributed by atoms with van der Waals surface area (Å²) in [5.74, 6) is 0.805. The number of ether oxygens (including phenoxy) is 2. The fourth-order valence-electron chi connectivity index (χ4n) is 2.54. The van der Waals surface area contributed by atoms with Crippen molar-refractivity contribution in [2.24, 2.45) is 0 Å². The third-order valence-corrected chi connectivity index (χ3v) is 3.77. The summed E-state index contributed by atoms with van der Waals surface area (Å²) >= 11 is 0. The van der Waals surface area contributed by atoms with Crippen LogP contribution in [-0.4, -0.2) is 38.0 Å². The monoisotopic (exact) mass is 279 g/mol. The highest BCUT2D eigenvalue weighted by atomic mass is 16.5. The van der Waals surface area contributed by atoms with Crippen molar-refractivity contribution >= 4 is 0 Å². The minimum absolute atomic E-state index is 0.461. The van der Waals surface area contributed by atoms with Gasteiger partial charge < -0.3 is 19.9 Å². The van der Waals surface area contributed by atoms with Gasteiger partial charge in [-0.25, -0.2) is 0 Å². The predicted octanol–water partition coefficient (Wildman–Crippen LogP) is 2.28. The van der Waals surface area contributed by atoms with E-state index in [2.05, 4.69) is 5.32 Å². The molecular formula is C16H25NO3. The van der Waals surface area contributed by atoms with Crippen LogP contribution in [0, 0.1) is 0 Å². The molecule has 2 rings (SSSR count). The van der Waals surface area contributed by atoms with Crippen molar-refractivity contribution in [1.29, 1.82) is 0 Å². The minimum atomic E-state index is -0.493. The summed E-state index contributed by atoms with van der Waals surface area (Å²) in [6.07, 6.45) is 4.97. The Kier molecular flexibility index (Phi) is 6.30. The maximum atomic E-state index is 10.1. The van der Waals surface area contributed by atoms with Gasteiger partial charge in [0.2, 0.25) is 0 Å². The lowest BCUT2D eigenvalue weighted by molar-refractivity contribution is 0.0585. The van der Waals surface area contributed by atoms with E-state index < -0.39 is 6.10 Å². The Morgan fingerprint density at radius 2 is 1.95 bits per heavy atom. The van der Waals surface area contributed by atoms with Crippen LogP contribution in [0.15, 0.2) is 24.3 Å². The summed E-state index contributed by atoms with van der Waals surface area (Å²) in [5, 5.41) is 13.3. The highest BCUT2D eigenvalue weighted by Crippen LogP contribution is 2.20. The van der Waals surface area contributed by atoms with Gasteiger partial charge in [0, 0.05) is 13.1 Å². The van der Waals surface area contributed by atoms with Crippen molar-refractivity contribution in [2.75, 3.05) is 26.8 Å². The molecule has 0 bridgehead atoms. The highest BCUT2D eigenvalue weighted by molar-refractivity contribution is 5.28. The van der Waals surface area contributed by atoms with Gasteiger partial charge in [0.05, 0.1) is 25.9 Å². The molecule has 112 valence electrons. The van der Waals surface area contributed by atoms with E-state index in [1.165, 1.54) is 25.7 Å². The van der Waals surface area contributed by atoms with Gasteiger partial charge >= 0.3 is 0 Å². The summed E-state index contributed by atoms with van der Waals surface area (Å²) in [5.41, 5.74) is 0.898. The first-order valence-corrected chi connectivity index (χ1v) is 7.44. The molecule has 1 aliphatic rings. The Labute approximate surface area is 121 Å². The van der Waals surface area contributed by atoms with Crippen molar-refractivity contribution in [1.82, 2.24) is 5.32 Å². The smallest absolute Gasteiger partial charge is 0.118 e. The van der Waals surface area contributed by atoms with Gasteiger partial charge in [-0.2, -0.15) is 0 Å². The fraction of sp³-hybridized carbons (Fsp3) is 0.625. The molecule has 20 heavy (non-hydrogen) atoms. The van der Waals surface area contributed by atoms with Gasteiger partial charge in [-0.1, -0.05) is 25.0 Å². The van der Waals surface area contributed by atoms with Crippen molar-refractivity contribution in [3.8, 4) is 5.75 Å². The van der Waals surface area contributed by atoms with Gasteiger partial charge in [-0.15, -0.1) is 0 Å². The Bertz CT molecular complexity index is 374. The molecule has 0 heterocycles. The molecule has 0 aliphatic heterocycles. The van der Waals surface area contributed by atoms with E-state index in [0.717, 1.165) is 24.5 Å². The molecule has 0 spiro atoms. The number of hydrogen-bond acceptors (Lipinski definition) is 4. The molecule has 1 atom stereocenters. The summed E-state index contributed by atoms with van der Waals surface area (Å²) in [7, 11) is 1.64. The minimum Gasteiger partial charge on any atom is -0.497 e. The molecule has 1 aromatic carbocycles. The second-order valence-electron chi connectivity index (χ2n) is 5.27. The number of aliphatic hydroxyl groups is 1. The highest BCUT2D eigenvalue weighted by Gasteiger charge is 2.14. The Balaban J connectivity index is 1.60. The number of benzene rings is 1. The van der Waals surface area contributed by atoms with Crippen LogP contribution in [0.25, 0.3) is 0 Å². The summed E-state index contributed by atoms with van der Waals surface area (Å²) in [6, 6.07) is 7.50. The average Bonchev–Trinajstić information content (AvgIpc) is 3.00. The molecule has 1 unspecified atom stereocenters. The zero-order valence-electron chi connectivity index (χ0n) is 12.2. The van der Waals surface area contributed by atoms with Gasteiger partial charge in [-0.3, -0.25) is 0 Å². The SMILES string of the molecule is COc1ccc(C(O)CNCCOC2CCCC2)cc1. The lowest BCUT2D eigenvalue weighted by Gasteiger charge is -2.14. The van der Waals surface area contributed by atoms with Crippen molar-refractivity contribution < 1.29 is 14.6 Å². The molecule has 1 aromatic rings. The standard InChI is InChI=1S/C16H25NO3/c1-19-14-8-6-13(7-9-14)16(18)12-17-10-11-20-15-4-2-3-5-15/h6-9,15-18H,2-5,10-12H2,1H3. The number of methoxy groups -OCH3 is 1. The van der Waals surface area contributed by atoms with E-state index in [-0.39, 0.29) is 0 Å². The van der Waals surface area contributed by atoms with Crippen molar-refractivity contribution in [3.63, 3.8) is 0 Å². The maximum absolute atomic E-state index is 10.1. The molecule has 0 amide bonds. The number of aliphatic hydroxyl groups excluding tert-OH is 1. The normalized spacial score (nSPS) is 17.3. The Morgan fingerprint density at radius 1 is 1.25 bits per heavy atom. The van der Waals surface area contributed by atoms with E-state index in [9.17, 15) is 5.11 Å². The largest absolute Gasteiger partial charge is 0.497 e. The molecular weight excluding hydrogens is 254 g/mol. The molecule has 0 aromatic heterocycles. The molecule has 4 nitrogen and oxygen atoms in total. The van der Waals surface area contributed by atoms with Crippen molar-refractivity contribution in [2.45, 2.75) is 37.9 Å². The average molecular weight is 279 g/mol. The predicted molar refractivity (Wildman–Crippen MR) is 79.0 cm³/mol. The molecule has 2 N–H and O–H groups in total. The van der Waals surface area contributed by atoms with Gasteiger partial charge in [0.15, 0.2) is 0 Å². The molecule has 4 heteroatoms. The third kappa shape index (κ3) is 4.78. The topological polar surface area (TPSA) is 50.7 Å². The zero-order valence-corrected chi connectivity index (χ0v) is 12.2. The van der Waals surface area contributed by atoms with E-state index >= 15 is 0 Å². The Morgan fingerprint density at radius 3 is 2.60 bits per heavy atom. The molecule has 0 radical (unpaired) electrons. The first kappa shape index (κ1) is 15.3. The number of rotatable bonds is 8. The van der Waals surface area contributed by atoms with Gasteiger partial charge in [-0.05, 0) is 30.5 Å². The zero-order chi connectivity index (χ0) is 14.2. The van der Waals surface area contributed by atoms with Crippen LogP contribution in [0.3, 0.4) is 0 Å². The summed E-state index contributed by atoms with van der Waals surface area (Å²) in [6.45, 7) is 2.05. The summed E-state index contributed by atoms with van der Waals surface area (Å²) < 4.78 is 10.9. The molecule has 1 saturated carbocycles. The molecule has 1 aliphatic carbocycles. The van der Waals surface area contributed by atoms with Crippen LogP contribution >= 0.6 is 0 Å². The number of nitrogens with one attached hydrogen (secondary N) is 1. The lowest BCUT2D eigenvalue weighted by atomic mass is 10.1. The van der Waals surface area contributed by atoms with Crippen molar-refractivity contribution in [3.05, 3.63) is 29.8 Å². The molecule has 1 fully saturated rings. The fourth-order valence-corrected chi connectivity index (χ4v) is 2.54. The van der Waals surface area contributed by atoms with Crippen LogP contribution in [0.5, 0.6) is 5.75 Å². The second kappa shape index (κ2) is 8.25. The van der Waals surface area contributed by atoms with Crippen LogP contribution in [0.4, 0.5) is 0 Å².